The first-order valence-corrected chi connectivity index (χ1v) is 11.3. The van der Waals surface area contributed by atoms with E-state index >= 15 is 0 Å². The van der Waals surface area contributed by atoms with Crippen molar-refractivity contribution in [3.8, 4) is 11.1 Å². The van der Waals surface area contributed by atoms with E-state index in [-0.39, 0.29) is 19.1 Å². The highest BCUT2D eigenvalue weighted by Gasteiger charge is 2.41. The first-order valence-electron chi connectivity index (χ1n) is 11.3. The molecule has 1 aliphatic heterocycles. The predicted molar refractivity (Wildman–Crippen MR) is 122 cm³/mol. The van der Waals surface area contributed by atoms with Gasteiger partial charge in [-0.05, 0) is 35.1 Å². The van der Waals surface area contributed by atoms with E-state index in [1.54, 1.807) is 0 Å². The lowest BCUT2D eigenvalue weighted by atomic mass is 9.79. The highest BCUT2D eigenvalue weighted by molar-refractivity contribution is 5.84. The van der Waals surface area contributed by atoms with Crippen molar-refractivity contribution in [3.05, 3.63) is 59.7 Å². The van der Waals surface area contributed by atoms with Gasteiger partial charge in [-0.15, -0.1) is 0 Å². The third-order valence-corrected chi connectivity index (χ3v) is 6.59. The minimum absolute atomic E-state index is 0.0159. The van der Waals surface area contributed by atoms with Crippen LogP contribution in [0.5, 0.6) is 0 Å². The maximum atomic E-state index is 12.8. The summed E-state index contributed by atoms with van der Waals surface area (Å²) >= 11 is 0. The minimum atomic E-state index is -1.70. The van der Waals surface area contributed by atoms with E-state index in [0.717, 1.165) is 22.3 Å². The van der Waals surface area contributed by atoms with Gasteiger partial charge >= 0.3 is 12.1 Å². The maximum absolute atomic E-state index is 12.8. The third kappa shape index (κ3) is 4.90. The third-order valence-electron chi connectivity index (χ3n) is 6.59. The Morgan fingerprint density at radius 3 is 2.18 bits per heavy atom. The number of fused-ring (bicyclic) bond motifs is 3. The van der Waals surface area contributed by atoms with Crippen LogP contribution in [-0.4, -0.2) is 67.2 Å². The number of aliphatic carboxylic acids is 1. The molecule has 9 nitrogen and oxygen atoms in total. The van der Waals surface area contributed by atoms with E-state index in [2.05, 4.69) is 22.8 Å². The summed E-state index contributed by atoms with van der Waals surface area (Å²) in [4.78, 5) is 36.2. The van der Waals surface area contributed by atoms with Crippen LogP contribution >= 0.6 is 0 Å². The van der Waals surface area contributed by atoms with Crippen molar-refractivity contribution < 1.29 is 34.1 Å². The number of carboxylic acid groups (broad SMARTS) is 1. The van der Waals surface area contributed by atoms with Gasteiger partial charge in [-0.1, -0.05) is 48.5 Å². The van der Waals surface area contributed by atoms with E-state index in [0.29, 0.717) is 26.1 Å². The summed E-state index contributed by atoms with van der Waals surface area (Å²) in [7, 11) is 0. The molecule has 1 aliphatic carbocycles. The fourth-order valence-electron chi connectivity index (χ4n) is 4.60. The van der Waals surface area contributed by atoms with Crippen molar-refractivity contribution in [2.75, 3.05) is 32.9 Å². The van der Waals surface area contributed by atoms with Crippen molar-refractivity contribution in [1.82, 2.24) is 10.6 Å². The van der Waals surface area contributed by atoms with E-state index in [4.69, 9.17) is 14.6 Å². The van der Waals surface area contributed by atoms with Gasteiger partial charge in [-0.2, -0.15) is 0 Å². The molecular formula is C25H28N2O7. The molecule has 2 amide bonds. The van der Waals surface area contributed by atoms with Gasteiger partial charge in [0.05, 0.1) is 12.0 Å². The van der Waals surface area contributed by atoms with Gasteiger partial charge in [0.15, 0.2) is 6.10 Å². The number of hydrogen-bond donors (Lipinski definition) is 4. The number of aliphatic hydroxyl groups excluding tert-OH is 1. The van der Waals surface area contributed by atoms with Gasteiger partial charge in [0.25, 0.3) is 0 Å². The van der Waals surface area contributed by atoms with Crippen molar-refractivity contribution >= 4 is 18.0 Å². The molecule has 0 bridgehead atoms. The number of carbonyl (C=O) groups excluding carboxylic acids is 2. The Morgan fingerprint density at radius 1 is 1.00 bits per heavy atom. The summed E-state index contributed by atoms with van der Waals surface area (Å²) in [5, 5.41) is 23.5. The molecule has 4 N–H and O–H groups in total. The number of aliphatic hydroxyl groups is 1. The molecule has 1 fully saturated rings. The van der Waals surface area contributed by atoms with E-state index in [9.17, 15) is 19.5 Å². The molecule has 4 rings (SSSR count). The number of nitrogens with one attached hydrogen (secondary N) is 2. The molecule has 0 saturated carbocycles. The molecule has 34 heavy (non-hydrogen) atoms. The predicted octanol–water partition coefficient (Wildman–Crippen LogP) is 1.88. The lowest BCUT2D eigenvalue weighted by Gasteiger charge is -2.35. The second-order valence-electron chi connectivity index (χ2n) is 8.64. The zero-order valence-electron chi connectivity index (χ0n) is 18.7. The number of benzene rings is 2. The molecule has 2 aromatic rings. The molecule has 1 heterocycles. The summed E-state index contributed by atoms with van der Waals surface area (Å²) in [6.07, 6.45) is -1.63. The second-order valence-corrected chi connectivity index (χ2v) is 8.64. The first-order chi connectivity index (χ1) is 16.4. The van der Waals surface area contributed by atoms with E-state index < -0.39 is 36.0 Å². The van der Waals surface area contributed by atoms with Crippen LogP contribution in [0, 0.1) is 5.41 Å². The molecule has 1 saturated heterocycles. The number of carboxylic acids is 1. The van der Waals surface area contributed by atoms with Gasteiger partial charge in [0, 0.05) is 25.7 Å². The smallest absolute Gasteiger partial charge is 0.407 e. The van der Waals surface area contributed by atoms with Crippen LogP contribution < -0.4 is 10.6 Å². The highest BCUT2D eigenvalue weighted by Crippen LogP contribution is 2.44. The monoisotopic (exact) mass is 468 g/mol. The van der Waals surface area contributed by atoms with Crippen LogP contribution in [0.4, 0.5) is 4.79 Å². The van der Waals surface area contributed by atoms with Crippen LogP contribution in [0.2, 0.25) is 0 Å². The molecule has 0 radical (unpaired) electrons. The fraction of sp³-hybridized carbons (Fsp3) is 0.400. The summed E-state index contributed by atoms with van der Waals surface area (Å²) < 4.78 is 10.9. The Hall–Kier alpha value is -3.43. The van der Waals surface area contributed by atoms with E-state index in [1.807, 2.05) is 36.4 Å². The van der Waals surface area contributed by atoms with Crippen LogP contribution in [0.25, 0.3) is 11.1 Å². The van der Waals surface area contributed by atoms with Crippen molar-refractivity contribution in [3.63, 3.8) is 0 Å². The zero-order valence-corrected chi connectivity index (χ0v) is 18.7. The number of rotatable bonds is 8. The largest absolute Gasteiger partial charge is 0.479 e. The highest BCUT2D eigenvalue weighted by atomic mass is 16.5. The number of ether oxygens (including phenoxy) is 2. The normalized spacial score (nSPS) is 17.2. The van der Waals surface area contributed by atoms with Gasteiger partial charge in [-0.25, -0.2) is 9.59 Å². The molecule has 1 atom stereocenters. The first kappa shape index (κ1) is 23.7. The Labute approximate surface area is 197 Å². The number of carbonyl (C=O) groups is 3. The van der Waals surface area contributed by atoms with Crippen LogP contribution in [0.3, 0.4) is 0 Å². The summed E-state index contributed by atoms with van der Waals surface area (Å²) in [6.45, 7) is 0.430. The lowest BCUT2D eigenvalue weighted by molar-refractivity contribution is -0.147. The average Bonchev–Trinajstić information content (AvgIpc) is 3.18. The molecule has 0 aromatic heterocycles. The van der Waals surface area contributed by atoms with Gasteiger partial charge in [0.2, 0.25) is 5.91 Å². The Kier molecular flexibility index (Phi) is 7.14. The summed E-state index contributed by atoms with van der Waals surface area (Å²) in [5.74, 6) is -1.93. The van der Waals surface area contributed by atoms with Gasteiger partial charge in [-0.3, -0.25) is 4.79 Å². The van der Waals surface area contributed by atoms with Gasteiger partial charge < -0.3 is 30.3 Å². The summed E-state index contributed by atoms with van der Waals surface area (Å²) in [6, 6.07) is 16.1. The topological polar surface area (TPSA) is 134 Å². The van der Waals surface area contributed by atoms with Crippen molar-refractivity contribution in [2.24, 2.45) is 5.41 Å². The fourth-order valence-corrected chi connectivity index (χ4v) is 4.60. The summed E-state index contributed by atoms with van der Waals surface area (Å²) in [5.41, 5.74) is 3.51. The Bertz CT molecular complexity index is 1020. The number of amides is 2. The lowest BCUT2D eigenvalue weighted by Crippen LogP contribution is -2.53. The second kappa shape index (κ2) is 10.2. The quantitative estimate of drug-likeness (QED) is 0.465. The van der Waals surface area contributed by atoms with Crippen LogP contribution in [0.15, 0.2) is 48.5 Å². The SMILES string of the molecule is O=C(NCC1(C(=O)NC[C@H](O)C(=O)O)CCOCC1)OCC1c2ccccc2-c2ccccc21. The molecule has 0 spiro atoms. The van der Waals surface area contributed by atoms with Crippen molar-refractivity contribution in [2.45, 2.75) is 24.9 Å². The Balaban J connectivity index is 1.37. The van der Waals surface area contributed by atoms with Crippen LogP contribution in [0.1, 0.15) is 29.9 Å². The molecule has 2 aliphatic rings. The van der Waals surface area contributed by atoms with Crippen LogP contribution in [-0.2, 0) is 19.1 Å². The molecule has 2 aromatic carbocycles. The molecule has 0 unspecified atom stereocenters. The Morgan fingerprint density at radius 2 is 1.59 bits per heavy atom. The molecule has 180 valence electrons. The standard InChI is InChI=1S/C25H28N2O7/c28-21(22(29)30)13-26-23(31)25(9-11-33-12-10-25)15-27-24(32)34-14-20-18-7-3-1-5-16(18)17-6-2-4-8-19(17)20/h1-8,20-21,28H,9-15H2,(H,26,31)(H,27,32)(H,29,30)/t21-/m0/s1. The number of alkyl carbamates (subject to hydrolysis) is 1. The van der Waals surface area contributed by atoms with E-state index in [1.165, 1.54) is 0 Å². The molecular weight excluding hydrogens is 440 g/mol. The number of hydrogen-bond acceptors (Lipinski definition) is 6. The maximum Gasteiger partial charge on any atom is 0.407 e. The minimum Gasteiger partial charge on any atom is -0.479 e. The van der Waals surface area contributed by atoms with Crippen molar-refractivity contribution in [1.29, 1.82) is 0 Å². The average molecular weight is 469 g/mol. The zero-order chi connectivity index (χ0) is 24.1. The van der Waals surface area contributed by atoms with Gasteiger partial charge in [0.1, 0.15) is 6.61 Å². The molecule has 9 heteroatoms.